The fourth-order valence-electron chi connectivity index (χ4n) is 2.69. The molecule has 2 rings (SSSR count). The van der Waals surface area contributed by atoms with Crippen LogP contribution in [0.5, 0.6) is 0 Å². The lowest BCUT2D eigenvalue weighted by Gasteiger charge is -2.36. The van der Waals surface area contributed by atoms with Crippen molar-refractivity contribution in [1.29, 1.82) is 0 Å². The van der Waals surface area contributed by atoms with E-state index in [4.69, 9.17) is 9.84 Å². The SMILES string of the molecule is CC1(C)C[C@]2(CCO1)C[C@@H]2C(=O)O. The lowest BCUT2D eigenvalue weighted by atomic mass is 9.84. The van der Waals surface area contributed by atoms with Gasteiger partial charge in [-0.25, -0.2) is 0 Å². The molecule has 0 radical (unpaired) electrons. The fourth-order valence-corrected chi connectivity index (χ4v) is 2.69. The van der Waals surface area contributed by atoms with Crippen molar-refractivity contribution in [3.63, 3.8) is 0 Å². The molecule has 0 unspecified atom stereocenters. The maximum atomic E-state index is 10.8. The lowest BCUT2D eigenvalue weighted by molar-refractivity contribution is -0.141. The van der Waals surface area contributed by atoms with Crippen molar-refractivity contribution in [3.8, 4) is 0 Å². The zero-order valence-corrected chi connectivity index (χ0v) is 8.17. The molecular formula is C10H16O3. The number of carboxylic acid groups (broad SMARTS) is 1. The maximum absolute atomic E-state index is 10.8. The van der Waals surface area contributed by atoms with Gasteiger partial charge >= 0.3 is 5.97 Å². The second kappa shape index (κ2) is 2.47. The molecular weight excluding hydrogens is 168 g/mol. The van der Waals surface area contributed by atoms with E-state index in [0.29, 0.717) is 0 Å². The third kappa shape index (κ3) is 1.46. The Morgan fingerprint density at radius 3 is 2.69 bits per heavy atom. The highest BCUT2D eigenvalue weighted by molar-refractivity contribution is 5.74. The van der Waals surface area contributed by atoms with Crippen LogP contribution in [-0.4, -0.2) is 23.3 Å². The first kappa shape index (κ1) is 9.00. The van der Waals surface area contributed by atoms with Gasteiger partial charge in [-0.15, -0.1) is 0 Å². The Morgan fingerprint density at radius 2 is 2.23 bits per heavy atom. The van der Waals surface area contributed by atoms with Crippen molar-refractivity contribution in [2.45, 2.75) is 38.7 Å². The summed E-state index contributed by atoms with van der Waals surface area (Å²) in [7, 11) is 0. The zero-order chi connectivity index (χ0) is 9.69. The first-order valence-electron chi connectivity index (χ1n) is 4.82. The van der Waals surface area contributed by atoms with E-state index in [-0.39, 0.29) is 16.9 Å². The molecule has 1 saturated carbocycles. The number of hydrogen-bond acceptors (Lipinski definition) is 2. The number of hydrogen-bond donors (Lipinski definition) is 1. The summed E-state index contributed by atoms with van der Waals surface area (Å²) < 4.78 is 5.58. The van der Waals surface area contributed by atoms with Crippen LogP contribution in [0.15, 0.2) is 0 Å². The van der Waals surface area contributed by atoms with Gasteiger partial charge in [-0.3, -0.25) is 4.79 Å². The fraction of sp³-hybridized carbons (Fsp3) is 0.900. The van der Waals surface area contributed by atoms with Crippen LogP contribution in [0.1, 0.15) is 33.1 Å². The Balaban J connectivity index is 2.06. The molecule has 1 saturated heterocycles. The molecule has 1 aliphatic carbocycles. The topological polar surface area (TPSA) is 46.5 Å². The number of aliphatic carboxylic acids is 1. The second-order valence-electron chi connectivity index (χ2n) is 4.99. The first-order chi connectivity index (χ1) is 5.95. The molecule has 3 heteroatoms. The van der Waals surface area contributed by atoms with Crippen molar-refractivity contribution in [3.05, 3.63) is 0 Å². The highest BCUT2D eigenvalue weighted by atomic mass is 16.5. The summed E-state index contributed by atoms with van der Waals surface area (Å²) in [5, 5.41) is 8.90. The van der Waals surface area contributed by atoms with Crippen LogP contribution in [0.4, 0.5) is 0 Å². The van der Waals surface area contributed by atoms with Crippen LogP contribution in [0.25, 0.3) is 0 Å². The van der Waals surface area contributed by atoms with Gasteiger partial charge < -0.3 is 9.84 Å². The first-order valence-corrected chi connectivity index (χ1v) is 4.82. The van der Waals surface area contributed by atoms with Crippen LogP contribution < -0.4 is 0 Å². The zero-order valence-electron chi connectivity index (χ0n) is 8.17. The summed E-state index contributed by atoms with van der Waals surface area (Å²) in [5.41, 5.74) is -0.0456. The average Bonchev–Trinajstić information content (AvgIpc) is 2.60. The predicted molar refractivity (Wildman–Crippen MR) is 47.4 cm³/mol. The summed E-state index contributed by atoms with van der Waals surface area (Å²) in [5.74, 6) is -0.728. The van der Waals surface area contributed by atoms with E-state index in [1.807, 2.05) is 13.8 Å². The van der Waals surface area contributed by atoms with Gasteiger partial charge in [0.05, 0.1) is 11.5 Å². The number of rotatable bonds is 1. The maximum Gasteiger partial charge on any atom is 0.307 e. The van der Waals surface area contributed by atoms with Crippen LogP contribution in [-0.2, 0) is 9.53 Å². The Labute approximate surface area is 78.1 Å². The number of carbonyl (C=O) groups is 1. The molecule has 0 amide bonds. The predicted octanol–water partition coefficient (Wildman–Crippen LogP) is 1.67. The summed E-state index contributed by atoms with van der Waals surface area (Å²) in [6.45, 7) is 4.81. The third-order valence-corrected chi connectivity index (χ3v) is 3.36. The summed E-state index contributed by atoms with van der Waals surface area (Å²) >= 11 is 0. The van der Waals surface area contributed by atoms with E-state index < -0.39 is 5.97 Å². The number of ether oxygens (including phenoxy) is 1. The minimum atomic E-state index is -0.627. The van der Waals surface area contributed by atoms with Crippen molar-refractivity contribution in [2.24, 2.45) is 11.3 Å². The standard InChI is InChI=1S/C10H16O3/c1-9(2)6-10(3-4-13-9)5-7(10)8(11)12/h7H,3-6H2,1-2H3,(H,11,12)/t7-,10+/m1/s1. The third-order valence-electron chi connectivity index (χ3n) is 3.36. The summed E-state index contributed by atoms with van der Waals surface area (Å²) in [4.78, 5) is 10.8. The van der Waals surface area contributed by atoms with Gasteiger partial charge in [0.1, 0.15) is 0 Å². The normalized spacial score (nSPS) is 41.8. The van der Waals surface area contributed by atoms with Gasteiger partial charge in [-0.1, -0.05) is 0 Å². The van der Waals surface area contributed by atoms with Crippen molar-refractivity contribution in [1.82, 2.24) is 0 Å². The van der Waals surface area contributed by atoms with E-state index >= 15 is 0 Å². The van der Waals surface area contributed by atoms with E-state index in [9.17, 15) is 4.79 Å². The highest BCUT2D eigenvalue weighted by Crippen LogP contribution is 2.61. The van der Waals surface area contributed by atoms with E-state index in [1.54, 1.807) is 0 Å². The molecule has 0 bridgehead atoms. The molecule has 1 spiro atoms. The molecule has 2 aliphatic rings. The molecule has 13 heavy (non-hydrogen) atoms. The Bertz CT molecular complexity index is 247. The molecule has 2 atom stereocenters. The van der Waals surface area contributed by atoms with E-state index in [1.165, 1.54) is 0 Å². The monoisotopic (exact) mass is 184 g/mol. The van der Waals surface area contributed by atoms with Crippen LogP contribution in [0.2, 0.25) is 0 Å². The summed E-state index contributed by atoms with van der Waals surface area (Å²) in [6, 6.07) is 0. The van der Waals surface area contributed by atoms with Gasteiger partial charge in [0, 0.05) is 6.61 Å². The van der Waals surface area contributed by atoms with Crippen molar-refractivity contribution >= 4 is 5.97 Å². The second-order valence-corrected chi connectivity index (χ2v) is 4.99. The average molecular weight is 184 g/mol. The minimum absolute atomic E-state index is 0.0770. The molecule has 1 aliphatic heterocycles. The number of carboxylic acids is 1. The summed E-state index contributed by atoms with van der Waals surface area (Å²) in [6.07, 6.45) is 2.68. The van der Waals surface area contributed by atoms with Gasteiger partial charge in [0.25, 0.3) is 0 Å². The Kier molecular flexibility index (Phi) is 1.71. The van der Waals surface area contributed by atoms with Crippen LogP contribution in [0, 0.1) is 11.3 Å². The molecule has 1 heterocycles. The molecule has 1 N–H and O–H groups in total. The van der Waals surface area contributed by atoms with Gasteiger partial charge in [0.15, 0.2) is 0 Å². The van der Waals surface area contributed by atoms with Gasteiger partial charge in [0.2, 0.25) is 0 Å². The molecule has 74 valence electrons. The smallest absolute Gasteiger partial charge is 0.307 e. The molecule has 2 fully saturated rings. The molecule has 0 aromatic heterocycles. The Hall–Kier alpha value is -0.570. The lowest BCUT2D eigenvalue weighted by Crippen LogP contribution is -2.36. The molecule has 0 aromatic rings. The minimum Gasteiger partial charge on any atom is -0.481 e. The van der Waals surface area contributed by atoms with E-state index in [2.05, 4.69) is 0 Å². The van der Waals surface area contributed by atoms with Gasteiger partial charge in [-0.05, 0) is 38.5 Å². The molecule has 0 aromatic carbocycles. The largest absolute Gasteiger partial charge is 0.481 e. The molecule has 3 nitrogen and oxygen atoms in total. The van der Waals surface area contributed by atoms with Crippen molar-refractivity contribution < 1.29 is 14.6 Å². The quantitative estimate of drug-likeness (QED) is 0.674. The van der Waals surface area contributed by atoms with Crippen molar-refractivity contribution in [2.75, 3.05) is 6.61 Å². The Morgan fingerprint density at radius 1 is 1.54 bits per heavy atom. The van der Waals surface area contributed by atoms with Gasteiger partial charge in [-0.2, -0.15) is 0 Å². The van der Waals surface area contributed by atoms with E-state index in [0.717, 1.165) is 25.9 Å². The van der Waals surface area contributed by atoms with Crippen LogP contribution in [0.3, 0.4) is 0 Å². The van der Waals surface area contributed by atoms with Crippen LogP contribution >= 0.6 is 0 Å². The highest BCUT2D eigenvalue weighted by Gasteiger charge is 2.61.